The number of ketones is 1. The van der Waals surface area contributed by atoms with Crippen molar-refractivity contribution in [3.8, 4) is 11.8 Å². The quantitative estimate of drug-likeness (QED) is 0.433. The number of aliphatic hydroxyl groups is 1. The summed E-state index contributed by atoms with van der Waals surface area (Å²) in [5.74, 6) is 6.10. The molecule has 2 aromatic carbocycles. The summed E-state index contributed by atoms with van der Waals surface area (Å²) in [6, 6.07) is 12.0. The summed E-state index contributed by atoms with van der Waals surface area (Å²) in [5, 5.41) is 10.8. The minimum atomic E-state index is -1.10. The Morgan fingerprint density at radius 3 is 1.89 bits per heavy atom. The second kappa shape index (κ2) is 11.2. The molecule has 0 saturated carbocycles. The Hall–Kier alpha value is -2.90. The van der Waals surface area contributed by atoms with Gasteiger partial charge < -0.3 is 10.0 Å². The Bertz CT molecular complexity index is 1220. The van der Waals surface area contributed by atoms with Gasteiger partial charge in [0.25, 0.3) is 5.91 Å². The maximum Gasteiger partial charge on any atom is 0.254 e. The van der Waals surface area contributed by atoms with E-state index < -0.39 is 11.6 Å². The maximum absolute atomic E-state index is 13.1. The largest absolute Gasteiger partial charge is 0.377 e. The van der Waals surface area contributed by atoms with Gasteiger partial charge in [0.1, 0.15) is 5.60 Å². The standard InChI is InChI=1S/C33H45NO3/c1-12-33(13-2,27-15-14-26(22(3)20-27)18-19-32(10,37)31(7,8)9)28-16-17-29(23(4)21-28)30(36)34(11)24(5)25(6)35/h14-17,20-21,24,37H,12-13H2,1-11H3. The van der Waals surface area contributed by atoms with Crippen molar-refractivity contribution >= 4 is 11.7 Å². The average Bonchev–Trinajstić information content (AvgIpc) is 2.82. The van der Waals surface area contributed by atoms with E-state index in [-0.39, 0.29) is 22.5 Å². The van der Waals surface area contributed by atoms with E-state index in [9.17, 15) is 14.7 Å². The number of carbonyl (C=O) groups excluding carboxylic acids is 2. The summed E-state index contributed by atoms with van der Waals surface area (Å²) in [6.07, 6.45) is 1.81. The predicted octanol–water partition coefficient (Wildman–Crippen LogP) is 6.61. The van der Waals surface area contributed by atoms with E-state index >= 15 is 0 Å². The van der Waals surface area contributed by atoms with Crippen molar-refractivity contribution in [3.05, 3.63) is 69.8 Å². The second-order valence-electron chi connectivity index (χ2n) is 11.6. The molecule has 200 valence electrons. The summed E-state index contributed by atoms with van der Waals surface area (Å²) in [6.45, 7) is 19.4. The molecule has 0 aromatic heterocycles. The van der Waals surface area contributed by atoms with Crippen molar-refractivity contribution in [3.63, 3.8) is 0 Å². The molecule has 1 N–H and O–H groups in total. The number of nitrogens with zero attached hydrogens (tertiary/aromatic N) is 1. The van der Waals surface area contributed by atoms with Gasteiger partial charge in [-0.05, 0) is 81.8 Å². The van der Waals surface area contributed by atoms with Crippen LogP contribution in [0.15, 0.2) is 36.4 Å². The Morgan fingerprint density at radius 1 is 0.946 bits per heavy atom. The molecule has 0 heterocycles. The van der Waals surface area contributed by atoms with E-state index in [2.05, 4.69) is 62.9 Å². The molecule has 4 nitrogen and oxygen atoms in total. The van der Waals surface area contributed by atoms with Crippen molar-refractivity contribution in [2.45, 2.75) is 99.1 Å². The highest BCUT2D eigenvalue weighted by Gasteiger charge is 2.34. The first-order chi connectivity index (χ1) is 17.0. The highest BCUT2D eigenvalue weighted by atomic mass is 16.3. The minimum Gasteiger partial charge on any atom is -0.377 e. The Morgan fingerprint density at radius 2 is 1.46 bits per heavy atom. The highest BCUT2D eigenvalue weighted by molar-refractivity contribution is 5.98. The summed E-state index contributed by atoms with van der Waals surface area (Å²) in [7, 11) is 1.68. The molecule has 0 aliphatic rings. The third-order valence-electron chi connectivity index (χ3n) is 8.39. The third-order valence-corrected chi connectivity index (χ3v) is 8.39. The molecule has 0 fully saturated rings. The van der Waals surface area contributed by atoms with Crippen LogP contribution in [0.25, 0.3) is 0 Å². The van der Waals surface area contributed by atoms with Crippen LogP contribution in [0.3, 0.4) is 0 Å². The first kappa shape index (κ1) is 30.3. The molecule has 2 unspecified atom stereocenters. The van der Waals surface area contributed by atoms with Crippen molar-refractivity contribution in [2.24, 2.45) is 5.41 Å². The van der Waals surface area contributed by atoms with Gasteiger partial charge in [0.05, 0.1) is 6.04 Å². The Kier molecular flexibility index (Phi) is 9.21. The molecule has 0 aliphatic carbocycles. The number of Topliss-reactive ketones (excluding diaryl/α,β-unsaturated/α-hetero) is 1. The van der Waals surface area contributed by atoms with Crippen LogP contribution in [-0.4, -0.2) is 40.4 Å². The molecule has 2 rings (SSSR count). The summed E-state index contributed by atoms with van der Waals surface area (Å²) in [4.78, 5) is 26.4. The summed E-state index contributed by atoms with van der Waals surface area (Å²) >= 11 is 0. The van der Waals surface area contributed by atoms with Gasteiger partial charge in [0.2, 0.25) is 0 Å². The topological polar surface area (TPSA) is 57.6 Å². The van der Waals surface area contributed by atoms with Gasteiger partial charge in [-0.2, -0.15) is 0 Å². The number of aryl methyl sites for hydroxylation is 2. The number of hydrogen-bond acceptors (Lipinski definition) is 3. The van der Waals surface area contributed by atoms with E-state index in [1.807, 2.05) is 33.8 Å². The molecule has 37 heavy (non-hydrogen) atoms. The summed E-state index contributed by atoms with van der Waals surface area (Å²) < 4.78 is 0. The fourth-order valence-corrected chi connectivity index (χ4v) is 4.55. The number of amides is 1. The zero-order valence-corrected chi connectivity index (χ0v) is 24.7. The zero-order chi connectivity index (χ0) is 28.3. The molecule has 0 aliphatic heterocycles. The number of likely N-dealkylation sites (N-methyl/N-ethyl adjacent to an activating group) is 1. The maximum atomic E-state index is 13.1. The SMILES string of the molecule is CCC(CC)(c1ccc(C#CC(C)(O)C(C)(C)C)c(C)c1)c1ccc(C(=O)N(C)C(C)C(C)=O)c(C)c1. The van der Waals surface area contributed by atoms with Gasteiger partial charge in [-0.3, -0.25) is 9.59 Å². The number of rotatable bonds is 7. The third kappa shape index (κ3) is 6.16. The molecular formula is C33H45NO3. The van der Waals surface area contributed by atoms with Crippen molar-refractivity contribution in [1.29, 1.82) is 0 Å². The minimum absolute atomic E-state index is 0.0355. The van der Waals surface area contributed by atoms with E-state index in [0.717, 1.165) is 29.5 Å². The van der Waals surface area contributed by atoms with Gasteiger partial charge in [-0.1, -0.05) is 70.7 Å². The lowest BCUT2D eigenvalue weighted by Crippen LogP contribution is -2.39. The smallest absolute Gasteiger partial charge is 0.254 e. The Balaban J connectivity index is 2.51. The van der Waals surface area contributed by atoms with Crippen LogP contribution in [0.2, 0.25) is 0 Å². The molecule has 0 radical (unpaired) electrons. The second-order valence-corrected chi connectivity index (χ2v) is 11.6. The summed E-state index contributed by atoms with van der Waals surface area (Å²) in [5.41, 5.74) is 4.23. The molecule has 2 atom stereocenters. The molecule has 0 spiro atoms. The van der Waals surface area contributed by atoms with Gasteiger partial charge in [-0.25, -0.2) is 0 Å². The van der Waals surface area contributed by atoms with E-state index in [1.54, 1.807) is 20.9 Å². The molecule has 0 bridgehead atoms. The van der Waals surface area contributed by atoms with Gasteiger partial charge in [0.15, 0.2) is 5.78 Å². The van der Waals surface area contributed by atoms with Gasteiger partial charge >= 0.3 is 0 Å². The highest BCUT2D eigenvalue weighted by Crippen LogP contribution is 2.40. The zero-order valence-electron chi connectivity index (χ0n) is 24.7. The number of carbonyl (C=O) groups is 2. The van der Waals surface area contributed by atoms with Crippen molar-refractivity contribution in [2.75, 3.05) is 7.05 Å². The van der Waals surface area contributed by atoms with E-state index in [1.165, 1.54) is 23.0 Å². The van der Waals surface area contributed by atoms with Crippen LogP contribution in [0.5, 0.6) is 0 Å². The lowest BCUT2D eigenvalue weighted by atomic mass is 9.69. The Labute approximate surface area is 224 Å². The first-order valence-corrected chi connectivity index (χ1v) is 13.3. The lowest BCUT2D eigenvalue weighted by Gasteiger charge is -2.34. The van der Waals surface area contributed by atoms with Gasteiger partial charge in [0, 0.05) is 29.0 Å². The van der Waals surface area contributed by atoms with E-state index in [0.29, 0.717) is 5.56 Å². The van der Waals surface area contributed by atoms with E-state index in [4.69, 9.17) is 0 Å². The number of benzene rings is 2. The van der Waals surface area contributed by atoms with Crippen LogP contribution < -0.4 is 0 Å². The fourth-order valence-electron chi connectivity index (χ4n) is 4.55. The fraction of sp³-hybridized carbons (Fsp3) is 0.515. The molecule has 0 saturated heterocycles. The molecule has 1 amide bonds. The van der Waals surface area contributed by atoms with Crippen LogP contribution >= 0.6 is 0 Å². The molecule has 2 aromatic rings. The molecule has 4 heteroatoms. The van der Waals surface area contributed by atoms with Crippen LogP contribution in [0.1, 0.15) is 106 Å². The average molecular weight is 504 g/mol. The monoisotopic (exact) mass is 503 g/mol. The molecular weight excluding hydrogens is 458 g/mol. The van der Waals surface area contributed by atoms with Crippen LogP contribution in [0.4, 0.5) is 0 Å². The first-order valence-electron chi connectivity index (χ1n) is 13.3. The normalized spacial score (nSPS) is 14.3. The van der Waals surface area contributed by atoms with Crippen molar-refractivity contribution in [1.82, 2.24) is 4.90 Å². The number of hydrogen-bond donors (Lipinski definition) is 1. The van der Waals surface area contributed by atoms with Crippen LogP contribution in [-0.2, 0) is 10.2 Å². The van der Waals surface area contributed by atoms with Crippen LogP contribution in [0, 0.1) is 31.1 Å². The van der Waals surface area contributed by atoms with Crippen molar-refractivity contribution < 1.29 is 14.7 Å². The lowest BCUT2D eigenvalue weighted by molar-refractivity contribution is -0.120. The van der Waals surface area contributed by atoms with Gasteiger partial charge in [-0.15, -0.1) is 0 Å². The predicted molar refractivity (Wildman–Crippen MR) is 153 cm³/mol.